The van der Waals surface area contributed by atoms with Gasteiger partial charge >= 0.3 is 5.69 Å². The van der Waals surface area contributed by atoms with Gasteiger partial charge in [-0.15, -0.1) is 0 Å². The van der Waals surface area contributed by atoms with Crippen molar-refractivity contribution in [3.8, 4) is 16.9 Å². The molecule has 0 amide bonds. The monoisotopic (exact) mass is 405 g/mol. The first-order chi connectivity index (χ1) is 14.6. The molecule has 7 nitrogen and oxygen atoms in total. The molecular weight excluding hydrogens is 378 g/mol. The Kier molecular flexibility index (Phi) is 4.60. The minimum Gasteiger partial charge on any atom is -0.493 e. The Labute approximate surface area is 174 Å². The molecule has 0 spiro atoms. The third-order valence-electron chi connectivity index (χ3n) is 6.32. The summed E-state index contributed by atoms with van der Waals surface area (Å²) < 4.78 is 9.28. The van der Waals surface area contributed by atoms with Crippen molar-refractivity contribution in [2.24, 2.45) is 0 Å². The van der Waals surface area contributed by atoms with Gasteiger partial charge in [0.25, 0.3) is 0 Å². The van der Waals surface area contributed by atoms with Crippen LogP contribution in [-0.4, -0.2) is 31.3 Å². The molecule has 5 rings (SSSR count). The summed E-state index contributed by atoms with van der Waals surface area (Å²) in [5.74, 6) is 0.972. The molecule has 156 valence electrons. The van der Waals surface area contributed by atoms with E-state index < -0.39 is 0 Å². The lowest BCUT2D eigenvalue weighted by Crippen LogP contribution is -2.24. The van der Waals surface area contributed by atoms with Crippen LogP contribution in [0.4, 0.5) is 0 Å². The molecule has 1 N–H and O–H groups in total. The lowest BCUT2D eigenvalue weighted by molar-refractivity contribution is 0.353. The van der Waals surface area contributed by atoms with Crippen LogP contribution in [0, 0.1) is 0 Å². The number of imidazole rings is 1. The third-order valence-corrected chi connectivity index (χ3v) is 6.32. The zero-order valence-electron chi connectivity index (χ0n) is 17.7. The topological polar surface area (TPSA) is 77.2 Å². The maximum Gasteiger partial charge on any atom is 0.326 e. The van der Waals surface area contributed by atoms with E-state index in [-0.39, 0.29) is 11.7 Å². The van der Waals surface area contributed by atoms with Gasteiger partial charge in [-0.1, -0.05) is 33.1 Å². The van der Waals surface area contributed by atoms with E-state index in [2.05, 4.69) is 41.0 Å². The predicted octanol–water partition coefficient (Wildman–Crippen LogP) is 4.68. The number of methoxy groups -OCH3 is 1. The second-order valence-corrected chi connectivity index (χ2v) is 8.53. The van der Waals surface area contributed by atoms with Gasteiger partial charge in [0.1, 0.15) is 6.33 Å². The maximum absolute atomic E-state index is 12.9. The van der Waals surface area contributed by atoms with Crippen LogP contribution in [0.5, 0.6) is 5.75 Å². The van der Waals surface area contributed by atoms with Gasteiger partial charge in [0.05, 0.1) is 18.1 Å². The summed E-state index contributed by atoms with van der Waals surface area (Å²) in [6.45, 7) is 4.37. The zero-order chi connectivity index (χ0) is 20.8. The average molecular weight is 406 g/mol. The van der Waals surface area contributed by atoms with Crippen molar-refractivity contribution in [3.05, 3.63) is 46.8 Å². The first kappa shape index (κ1) is 18.9. The number of aromatic nitrogens is 5. The van der Waals surface area contributed by atoms with E-state index in [0.29, 0.717) is 17.3 Å². The molecule has 0 unspecified atom stereocenters. The molecule has 1 aromatic carbocycles. The summed E-state index contributed by atoms with van der Waals surface area (Å²) >= 11 is 0. The van der Waals surface area contributed by atoms with E-state index in [1.807, 2.05) is 16.8 Å². The van der Waals surface area contributed by atoms with Gasteiger partial charge < -0.3 is 9.72 Å². The van der Waals surface area contributed by atoms with Crippen LogP contribution in [0.25, 0.3) is 27.8 Å². The highest BCUT2D eigenvalue weighted by atomic mass is 16.5. The van der Waals surface area contributed by atoms with Crippen LogP contribution >= 0.6 is 0 Å². The summed E-state index contributed by atoms with van der Waals surface area (Å²) in [5, 5.41) is 4.29. The molecule has 1 aliphatic rings. The minimum absolute atomic E-state index is 0.00642. The molecule has 30 heavy (non-hydrogen) atoms. The highest BCUT2D eigenvalue weighted by molar-refractivity contribution is 5.85. The number of H-pyrrole nitrogens is 1. The Morgan fingerprint density at radius 3 is 2.70 bits per heavy atom. The molecule has 1 aliphatic carbocycles. The summed E-state index contributed by atoms with van der Waals surface area (Å²) in [4.78, 5) is 20.2. The fourth-order valence-electron chi connectivity index (χ4n) is 4.81. The molecule has 3 aromatic heterocycles. The van der Waals surface area contributed by atoms with Gasteiger partial charge in [0, 0.05) is 17.8 Å². The fraction of sp³-hybridized carbons (Fsp3) is 0.435. The van der Waals surface area contributed by atoms with Crippen LogP contribution in [0.2, 0.25) is 0 Å². The number of rotatable bonds is 4. The number of nitrogens with one attached hydrogen (secondary N) is 1. The molecule has 7 heteroatoms. The van der Waals surface area contributed by atoms with E-state index in [0.717, 1.165) is 35.0 Å². The largest absolute Gasteiger partial charge is 0.493 e. The Balaban J connectivity index is 1.73. The van der Waals surface area contributed by atoms with E-state index >= 15 is 0 Å². The van der Waals surface area contributed by atoms with Crippen molar-refractivity contribution in [1.29, 1.82) is 0 Å². The highest BCUT2D eigenvalue weighted by Gasteiger charge is 2.22. The number of ether oxygens (including phenoxy) is 1. The Bertz CT molecular complexity index is 1270. The number of benzene rings is 1. The molecule has 0 aliphatic heterocycles. The molecule has 0 radical (unpaired) electrons. The Hall–Kier alpha value is -3.09. The predicted molar refractivity (Wildman–Crippen MR) is 117 cm³/mol. The van der Waals surface area contributed by atoms with Crippen molar-refractivity contribution < 1.29 is 4.74 Å². The van der Waals surface area contributed by atoms with Crippen molar-refractivity contribution in [3.63, 3.8) is 0 Å². The van der Waals surface area contributed by atoms with Gasteiger partial charge in [-0.25, -0.2) is 14.3 Å². The van der Waals surface area contributed by atoms with Gasteiger partial charge in [0.15, 0.2) is 11.4 Å². The summed E-state index contributed by atoms with van der Waals surface area (Å²) in [6.07, 6.45) is 9.29. The lowest BCUT2D eigenvalue weighted by Gasteiger charge is -2.23. The molecule has 0 atom stereocenters. The van der Waals surface area contributed by atoms with Crippen molar-refractivity contribution >= 4 is 16.7 Å². The normalized spacial score (nSPS) is 15.5. The van der Waals surface area contributed by atoms with E-state index in [4.69, 9.17) is 4.74 Å². The molecule has 3 heterocycles. The van der Waals surface area contributed by atoms with Gasteiger partial charge in [-0.2, -0.15) is 5.10 Å². The average Bonchev–Trinajstić information content (AvgIpc) is 3.35. The lowest BCUT2D eigenvalue weighted by atomic mass is 9.92. The molecule has 0 saturated heterocycles. The van der Waals surface area contributed by atoms with E-state index in [1.54, 1.807) is 11.6 Å². The Morgan fingerprint density at radius 2 is 1.97 bits per heavy atom. The van der Waals surface area contributed by atoms with Gasteiger partial charge in [-0.3, -0.25) is 4.57 Å². The first-order valence-corrected chi connectivity index (χ1v) is 10.7. The van der Waals surface area contributed by atoms with Crippen molar-refractivity contribution in [2.75, 3.05) is 7.11 Å². The van der Waals surface area contributed by atoms with Crippen LogP contribution in [0.1, 0.15) is 63.5 Å². The number of nitrogens with zero attached hydrogens (tertiary/aromatic N) is 4. The van der Waals surface area contributed by atoms with Crippen molar-refractivity contribution in [1.82, 2.24) is 24.1 Å². The third kappa shape index (κ3) is 3.00. The summed E-state index contributed by atoms with van der Waals surface area (Å²) in [5.41, 5.74) is 5.83. The zero-order valence-corrected chi connectivity index (χ0v) is 17.7. The van der Waals surface area contributed by atoms with E-state index in [1.165, 1.54) is 31.2 Å². The number of pyridine rings is 1. The second-order valence-electron chi connectivity index (χ2n) is 8.53. The quantitative estimate of drug-likeness (QED) is 0.535. The fourth-order valence-corrected chi connectivity index (χ4v) is 4.81. The molecule has 1 saturated carbocycles. The van der Waals surface area contributed by atoms with E-state index in [9.17, 15) is 4.79 Å². The molecule has 1 fully saturated rings. The molecule has 4 aromatic rings. The van der Waals surface area contributed by atoms with Crippen LogP contribution in [0.3, 0.4) is 0 Å². The van der Waals surface area contributed by atoms with Gasteiger partial charge in [-0.05, 0) is 48.1 Å². The van der Waals surface area contributed by atoms with Crippen molar-refractivity contribution in [2.45, 2.75) is 57.9 Å². The second kappa shape index (κ2) is 7.31. The smallest absolute Gasteiger partial charge is 0.326 e. The molecular formula is C23H27N5O2. The number of fused-ring (bicyclic) bond motifs is 2. The van der Waals surface area contributed by atoms with Crippen LogP contribution in [-0.2, 0) is 0 Å². The first-order valence-electron chi connectivity index (χ1n) is 10.7. The minimum atomic E-state index is -0.00642. The number of aromatic amines is 1. The summed E-state index contributed by atoms with van der Waals surface area (Å²) in [6, 6.07) is 6.58. The highest BCUT2D eigenvalue weighted by Crippen LogP contribution is 2.36. The number of hydrogen-bond donors (Lipinski definition) is 1. The Morgan fingerprint density at radius 1 is 1.17 bits per heavy atom. The maximum atomic E-state index is 12.9. The SMILES string of the molecule is COc1cc(-c2cc3[nH]c(=O)n(C4CCCCC4)c3cc2C(C)C)cn2ncnc12. The molecule has 0 bridgehead atoms. The van der Waals surface area contributed by atoms with Crippen LogP contribution < -0.4 is 10.4 Å². The standard InChI is InChI=1S/C23H27N5O2/c1-14(2)17-11-20-19(26-23(29)28(20)16-7-5-4-6-8-16)10-18(17)15-9-21(30-3)22-24-13-25-27(22)12-15/h9-14,16H,4-8H2,1-3H3,(H,26,29). The summed E-state index contributed by atoms with van der Waals surface area (Å²) in [7, 11) is 1.64. The van der Waals surface area contributed by atoms with Gasteiger partial charge in [0.2, 0.25) is 0 Å². The van der Waals surface area contributed by atoms with Crippen LogP contribution in [0.15, 0.2) is 35.5 Å². The number of hydrogen-bond acceptors (Lipinski definition) is 4.